The molecule has 4 nitrogen and oxygen atoms in total. The Morgan fingerprint density at radius 3 is 2.38 bits per heavy atom. The van der Waals surface area contributed by atoms with Crippen molar-refractivity contribution in [3.05, 3.63) is 54.6 Å². The van der Waals surface area contributed by atoms with E-state index in [0.717, 1.165) is 22.7 Å². The summed E-state index contributed by atoms with van der Waals surface area (Å²) < 4.78 is 8.05. The van der Waals surface area contributed by atoms with Crippen molar-refractivity contribution in [3.63, 3.8) is 0 Å². The lowest BCUT2D eigenvalue weighted by Crippen LogP contribution is -2.27. The molecule has 0 bridgehead atoms. The number of para-hydroxylation sites is 1. The van der Waals surface area contributed by atoms with Crippen LogP contribution >= 0.6 is 11.9 Å². The van der Waals surface area contributed by atoms with Gasteiger partial charge in [-0.2, -0.15) is 0 Å². The van der Waals surface area contributed by atoms with E-state index in [-0.39, 0.29) is 12.0 Å². The molecule has 1 aliphatic heterocycles. The van der Waals surface area contributed by atoms with Gasteiger partial charge in [0.05, 0.1) is 6.61 Å². The lowest BCUT2D eigenvalue weighted by atomic mass is 10.3. The van der Waals surface area contributed by atoms with Gasteiger partial charge in [-0.15, -0.1) is 0 Å². The zero-order valence-corrected chi connectivity index (χ0v) is 12.2. The van der Waals surface area contributed by atoms with E-state index in [2.05, 4.69) is 10.0 Å². The Balaban J connectivity index is 1.55. The molecule has 1 saturated heterocycles. The van der Waals surface area contributed by atoms with Crippen molar-refractivity contribution in [1.29, 1.82) is 0 Å². The molecule has 0 aliphatic carbocycles. The van der Waals surface area contributed by atoms with Gasteiger partial charge in [-0.3, -0.25) is 4.79 Å². The Labute approximate surface area is 128 Å². The van der Waals surface area contributed by atoms with Gasteiger partial charge in [0.1, 0.15) is 6.04 Å². The highest BCUT2D eigenvalue weighted by atomic mass is 32.2. The minimum Gasteiger partial charge on any atom is -0.464 e. The maximum Gasteiger partial charge on any atom is 0.324 e. The Morgan fingerprint density at radius 1 is 1.00 bits per heavy atom. The molecule has 0 spiro atoms. The normalized spacial score (nSPS) is 17.5. The summed E-state index contributed by atoms with van der Waals surface area (Å²) >= 11 is 1.46. The van der Waals surface area contributed by atoms with Crippen molar-refractivity contribution in [2.75, 3.05) is 11.9 Å². The molecule has 1 atom stereocenters. The van der Waals surface area contributed by atoms with Crippen LogP contribution in [0.5, 0.6) is 0 Å². The zero-order valence-electron chi connectivity index (χ0n) is 11.4. The number of esters is 1. The fraction of sp³-hybridized carbons (Fsp3) is 0.188. The van der Waals surface area contributed by atoms with Crippen LogP contribution in [0.2, 0.25) is 0 Å². The first-order valence-corrected chi connectivity index (χ1v) is 7.64. The molecule has 1 heterocycles. The molecule has 0 aromatic heterocycles. The van der Waals surface area contributed by atoms with Crippen LogP contribution in [0.15, 0.2) is 59.5 Å². The first-order valence-electron chi connectivity index (χ1n) is 6.82. The molecule has 1 fully saturated rings. The smallest absolute Gasteiger partial charge is 0.324 e. The van der Waals surface area contributed by atoms with Crippen molar-refractivity contribution in [2.24, 2.45) is 0 Å². The molecule has 2 aromatic carbocycles. The summed E-state index contributed by atoms with van der Waals surface area (Å²) in [6.45, 7) is 0.511. The van der Waals surface area contributed by atoms with E-state index in [1.54, 1.807) is 0 Å². The minimum atomic E-state index is -0.197. The average Bonchev–Trinajstić information content (AvgIpc) is 2.93. The molecular weight excluding hydrogens is 284 g/mol. The second-order valence-electron chi connectivity index (χ2n) is 4.74. The summed E-state index contributed by atoms with van der Waals surface area (Å²) in [5.74, 6) is -0.162. The van der Waals surface area contributed by atoms with Crippen molar-refractivity contribution in [2.45, 2.75) is 17.4 Å². The third kappa shape index (κ3) is 3.77. The van der Waals surface area contributed by atoms with Crippen LogP contribution < -0.4 is 10.0 Å². The lowest BCUT2D eigenvalue weighted by molar-refractivity contribution is -0.139. The largest absolute Gasteiger partial charge is 0.464 e. The molecule has 1 unspecified atom stereocenters. The molecule has 21 heavy (non-hydrogen) atoms. The van der Waals surface area contributed by atoms with Gasteiger partial charge in [0.15, 0.2) is 0 Å². The summed E-state index contributed by atoms with van der Waals surface area (Å²) in [6, 6.07) is 17.9. The van der Waals surface area contributed by atoms with Gasteiger partial charge in [0.2, 0.25) is 0 Å². The summed E-state index contributed by atoms with van der Waals surface area (Å²) in [5, 5.41) is 3.33. The number of ether oxygens (including phenoxy) is 1. The van der Waals surface area contributed by atoms with Crippen molar-refractivity contribution in [3.8, 4) is 0 Å². The maximum absolute atomic E-state index is 11.3. The number of hydrogen-bond donors (Lipinski definition) is 2. The topological polar surface area (TPSA) is 50.4 Å². The van der Waals surface area contributed by atoms with Crippen molar-refractivity contribution in [1.82, 2.24) is 4.72 Å². The van der Waals surface area contributed by atoms with E-state index in [4.69, 9.17) is 4.74 Å². The number of carbonyl (C=O) groups is 1. The summed E-state index contributed by atoms with van der Waals surface area (Å²) in [5.41, 5.74) is 2.09. The maximum atomic E-state index is 11.3. The number of carbonyl (C=O) groups excluding carboxylic acids is 1. The fourth-order valence-corrected chi connectivity index (χ4v) is 2.80. The van der Waals surface area contributed by atoms with Crippen LogP contribution in [0.3, 0.4) is 0 Å². The SMILES string of the molecule is O=C1OCCC1NSc1ccc(Nc2ccccc2)cc1. The highest BCUT2D eigenvalue weighted by Crippen LogP contribution is 2.22. The fourth-order valence-electron chi connectivity index (χ4n) is 2.04. The molecule has 0 radical (unpaired) electrons. The third-order valence-electron chi connectivity index (χ3n) is 3.17. The van der Waals surface area contributed by atoms with Crippen LogP contribution in [-0.4, -0.2) is 18.6 Å². The van der Waals surface area contributed by atoms with Gasteiger partial charge in [-0.1, -0.05) is 18.2 Å². The van der Waals surface area contributed by atoms with Gasteiger partial charge in [-0.05, 0) is 48.3 Å². The molecule has 5 heteroatoms. The Hall–Kier alpha value is -1.98. The monoisotopic (exact) mass is 300 g/mol. The minimum absolute atomic E-state index is 0.162. The Bertz CT molecular complexity index is 601. The van der Waals surface area contributed by atoms with Crippen LogP contribution in [0.1, 0.15) is 6.42 Å². The van der Waals surface area contributed by atoms with E-state index in [1.807, 2.05) is 54.6 Å². The van der Waals surface area contributed by atoms with E-state index in [1.165, 1.54) is 11.9 Å². The summed E-state index contributed by atoms with van der Waals surface area (Å²) in [4.78, 5) is 12.4. The molecule has 2 N–H and O–H groups in total. The van der Waals surface area contributed by atoms with Crippen LogP contribution in [0, 0.1) is 0 Å². The lowest BCUT2D eigenvalue weighted by Gasteiger charge is -2.09. The molecule has 0 amide bonds. The second-order valence-corrected chi connectivity index (χ2v) is 5.66. The van der Waals surface area contributed by atoms with Gasteiger partial charge < -0.3 is 10.1 Å². The van der Waals surface area contributed by atoms with Crippen LogP contribution in [0.4, 0.5) is 11.4 Å². The first-order chi connectivity index (χ1) is 10.3. The standard InChI is InChI=1S/C16H16N2O2S/c19-16-15(10-11-20-16)18-21-14-8-6-13(7-9-14)17-12-4-2-1-3-5-12/h1-9,15,17-18H,10-11H2. The Morgan fingerprint density at radius 2 is 1.71 bits per heavy atom. The molecule has 0 saturated carbocycles. The molecule has 1 aliphatic rings. The van der Waals surface area contributed by atoms with E-state index in [0.29, 0.717) is 6.61 Å². The number of benzene rings is 2. The Kier molecular flexibility index (Phi) is 4.43. The van der Waals surface area contributed by atoms with Gasteiger partial charge in [0.25, 0.3) is 0 Å². The van der Waals surface area contributed by atoms with Crippen LogP contribution in [-0.2, 0) is 9.53 Å². The van der Waals surface area contributed by atoms with Gasteiger partial charge >= 0.3 is 5.97 Å². The van der Waals surface area contributed by atoms with Crippen LogP contribution in [0.25, 0.3) is 0 Å². The predicted molar refractivity (Wildman–Crippen MR) is 84.5 cm³/mol. The molecule has 108 valence electrons. The summed E-state index contributed by atoms with van der Waals surface area (Å²) in [7, 11) is 0. The molecular formula is C16H16N2O2S. The van der Waals surface area contributed by atoms with Gasteiger partial charge in [-0.25, -0.2) is 4.72 Å². The van der Waals surface area contributed by atoms with Gasteiger partial charge in [0, 0.05) is 22.7 Å². The van der Waals surface area contributed by atoms with E-state index >= 15 is 0 Å². The van der Waals surface area contributed by atoms with E-state index < -0.39 is 0 Å². The second kappa shape index (κ2) is 6.65. The third-order valence-corrected chi connectivity index (χ3v) is 4.08. The highest BCUT2D eigenvalue weighted by molar-refractivity contribution is 7.97. The molecule has 2 aromatic rings. The zero-order chi connectivity index (χ0) is 14.5. The number of hydrogen-bond acceptors (Lipinski definition) is 5. The van der Waals surface area contributed by atoms with Crippen molar-refractivity contribution >= 4 is 29.3 Å². The number of cyclic esters (lactones) is 1. The molecule has 3 rings (SSSR count). The number of anilines is 2. The van der Waals surface area contributed by atoms with E-state index in [9.17, 15) is 4.79 Å². The first kappa shape index (κ1) is 14.0. The summed E-state index contributed by atoms with van der Waals surface area (Å²) in [6.07, 6.45) is 0.736. The quantitative estimate of drug-likeness (QED) is 0.655. The predicted octanol–water partition coefficient (Wildman–Crippen LogP) is 3.34. The number of rotatable bonds is 5. The van der Waals surface area contributed by atoms with Crippen molar-refractivity contribution < 1.29 is 9.53 Å². The highest BCUT2D eigenvalue weighted by Gasteiger charge is 2.25. The number of nitrogens with one attached hydrogen (secondary N) is 2. The average molecular weight is 300 g/mol.